The molecular weight excluding hydrogens is 305 g/mol. The third-order valence-corrected chi connectivity index (χ3v) is 3.16. The molecule has 0 fully saturated rings. The van der Waals surface area contributed by atoms with Crippen LogP contribution in [-0.2, 0) is 6.54 Å². The second-order valence-corrected chi connectivity index (χ2v) is 4.79. The van der Waals surface area contributed by atoms with Gasteiger partial charge in [0.25, 0.3) is 5.56 Å². The lowest BCUT2D eigenvalue weighted by atomic mass is 10.2. The van der Waals surface area contributed by atoms with Crippen molar-refractivity contribution in [2.75, 3.05) is 5.73 Å². The van der Waals surface area contributed by atoms with Gasteiger partial charge in [-0.15, -0.1) is 0 Å². The highest BCUT2D eigenvalue weighted by atomic mass is 79.9. The lowest BCUT2D eigenvalue weighted by Crippen LogP contribution is -2.21. The van der Waals surface area contributed by atoms with E-state index in [2.05, 4.69) is 20.9 Å². The molecule has 0 bridgehead atoms. The van der Waals surface area contributed by atoms with E-state index in [0.717, 1.165) is 5.56 Å². The molecule has 1 aromatic heterocycles. The average molecular weight is 315 g/mol. The minimum absolute atomic E-state index is 0.131. The Bertz CT molecular complexity index is 612. The van der Waals surface area contributed by atoms with E-state index in [4.69, 9.17) is 17.3 Å². The monoisotopic (exact) mass is 313 g/mol. The zero-order valence-corrected chi connectivity index (χ0v) is 11.1. The van der Waals surface area contributed by atoms with Gasteiger partial charge >= 0.3 is 0 Å². The molecule has 0 saturated heterocycles. The molecule has 0 atom stereocenters. The first kappa shape index (κ1) is 12.1. The van der Waals surface area contributed by atoms with Crippen LogP contribution < -0.4 is 11.3 Å². The Labute approximate surface area is 111 Å². The highest BCUT2D eigenvalue weighted by Gasteiger charge is 2.03. The molecule has 1 aromatic carbocycles. The van der Waals surface area contributed by atoms with Crippen LogP contribution in [0.5, 0.6) is 0 Å². The Morgan fingerprint density at radius 3 is 2.94 bits per heavy atom. The fourth-order valence-corrected chi connectivity index (χ4v) is 1.89. The quantitative estimate of drug-likeness (QED) is 0.865. The van der Waals surface area contributed by atoms with E-state index in [-0.39, 0.29) is 5.56 Å². The maximum absolute atomic E-state index is 11.7. The van der Waals surface area contributed by atoms with E-state index in [1.54, 1.807) is 12.1 Å². The summed E-state index contributed by atoms with van der Waals surface area (Å²) in [6.45, 7) is 0.409. The molecule has 0 unspecified atom stereocenters. The van der Waals surface area contributed by atoms with Crippen LogP contribution in [0, 0.1) is 0 Å². The van der Waals surface area contributed by atoms with Gasteiger partial charge in [0.05, 0.1) is 23.6 Å². The predicted octanol–water partition coefficient (Wildman–Crippen LogP) is 2.29. The van der Waals surface area contributed by atoms with Crippen molar-refractivity contribution in [3.63, 3.8) is 0 Å². The minimum Gasteiger partial charge on any atom is -0.398 e. The normalized spacial score (nSPS) is 10.5. The highest BCUT2D eigenvalue weighted by molar-refractivity contribution is 9.10. The number of hydrogen-bond acceptors (Lipinski definition) is 3. The van der Waals surface area contributed by atoms with E-state index in [1.165, 1.54) is 17.1 Å². The smallest absolute Gasteiger partial charge is 0.267 e. The first-order valence-corrected chi connectivity index (χ1v) is 5.99. The SMILES string of the molecule is Nc1cc(Cn2cncc(Br)c2=O)ccc1Cl. The lowest BCUT2D eigenvalue weighted by molar-refractivity contribution is 0.731. The van der Waals surface area contributed by atoms with Crippen LogP contribution in [-0.4, -0.2) is 9.55 Å². The fraction of sp³-hybridized carbons (Fsp3) is 0.0909. The Hall–Kier alpha value is -1.33. The Balaban J connectivity index is 2.35. The number of anilines is 1. The number of nitrogens with two attached hydrogens (primary N) is 1. The first-order valence-electron chi connectivity index (χ1n) is 4.82. The third-order valence-electron chi connectivity index (χ3n) is 2.27. The lowest BCUT2D eigenvalue weighted by Gasteiger charge is -2.07. The Morgan fingerprint density at radius 1 is 1.47 bits per heavy atom. The summed E-state index contributed by atoms with van der Waals surface area (Å²) in [5.41, 5.74) is 6.96. The Morgan fingerprint density at radius 2 is 2.24 bits per heavy atom. The molecule has 0 aliphatic heterocycles. The number of nitrogens with zero attached hydrogens (tertiary/aromatic N) is 2. The van der Waals surface area contributed by atoms with E-state index in [1.807, 2.05) is 6.07 Å². The van der Waals surface area contributed by atoms with Crippen molar-refractivity contribution in [3.8, 4) is 0 Å². The molecule has 88 valence electrons. The largest absolute Gasteiger partial charge is 0.398 e. The van der Waals surface area contributed by atoms with Gasteiger partial charge < -0.3 is 5.73 Å². The van der Waals surface area contributed by atoms with Crippen molar-refractivity contribution in [3.05, 3.63) is 56.1 Å². The van der Waals surface area contributed by atoms with Crippen molar-refractivity contribution < 1.29 is 0 Å². The third kappa shape index (κ3) is 2.68. The number of aromatic nitrogens is 2. The van der Waals surface area contributed by atoms with E-state index >= 15 is 0 Å². The van der Waals surface area contributed by atoms with Gasteiger partial charge in [-0.05, 0) is 33.6 Å². The molecule has 2 rings (SSSR count). The van der Waals surface area contributed by atoms with Gasteiger partial charge in [-0.3, -0.25) is 9.36 Å². The predicted molar refractivity (Wildman–Crippen MR) is 71.2 cm³/mol. The second kappa shape index (κ2) is 4.89. The maximum Gasteiger partial charge on any atom is 0.267 e. The molecule has 4 nitrogen and oxygen atoms in total. The van der Waals surface area contributed by atoms with Crippen LogP contribution in [0.15, 0.2) is 40.0 Å². The maximum atomic E-state index is 11.7. The summed E-state index contributed by atoms with van der Waals surface area (Å²) in [6, 6.07) is 5.28. The van der Waals surface area contributed by atoms with Crippen molar-refractivity contribution in [1.29, 1.82) is 0 Å². The van der Waals surface area contributed by atoms with Gasteiger partial charge in [0.15, 0.2) is 0 Å². The molecule has 1 heterocycles. The summed E-state index contributed by atoms with van der Waals surface area (Å²) in [5.74, 6) is 0. The van der Waals surface area contributed by atoms with Gasteiger partial charge in [-0.2, -0.15) is 0 Å². The molecule has 0 saturated carbocycles. The molecule has 0 amide bonds. The molecule has 2 aromatic rings. The zero-order chi connectivity index (χ0) is 12.4. The molecule has 17 heavy (non-hydrogen) atoms. The van der Waals surface area contributed by atoms with Crippen LogP contribution >= 0.6 is 27.5 Å². The van der Waals surface area contributed by atoms with Gasteiger partial charge in [0, 0.05) is 6.20 Å². The van der Waals surface area contributed by atoms with Crippen LogP contribution in [0.25, 0.3) is 0 Å². The van der Waals surface area contributed by atoms with Crippen molar-refractivity contribution in [2.45, 2.75) is 6.54 Å². The summed E-state index contributed by atoms with van der Waals surface area (Å²) < 4.78 is 1.93. The molecule has 0 spiro atoms. The summed E-state index contributed by atoms with van der Waals surface area (Å²) >= 11 is 8.97. The summed E-state index contributed by atoms with van der Waals surface area (Å²) in [4.78, 5) is 15.7. The van der Waals surface area contributed by atoms with Crippen LogP contribution in [0.2, 0.25) is 5.02 Å². The standard InChI is InChI=1S/C11H9BrClN3O/c12-8-4-15-6-16(11(8)17)5-7-1-2-9(13)10(14)3-7/h1-4,6H,5,14H2. The van der Waals surface area contributed by atoms with Crippen molar-refractivity contribution in [2.24, 2.45) is 0 Å². The summed E-state index contributed by atoms with van der Waals surface area (Å²) in [7, 11) is 0. The number of halogens is 2. The van der Waals surface area contributed by atoms with E-state index in [0.29, 0.717) is 21.7 Å². The van der Waals surface area contributed by atoms with E-state index in [9.17, 15) is 4.79 Å². The van der Waals surface area contributed by atoms with Crippen molar-refractivity contribution >= 4 is 33.2 Å². The summed E-state index contributed by atoms with van der Waals surface area (Å²) in [6.07, 6.45) is 2.95. The molecule has 0 aliphatic carbocycles. The molecule has 2 N–H and O–H groups in total. The van der Waals surface area contributed by atoms with Gasteiger partial charge in [0.2, 0.25) is 0 Å². The zero-order valence-electron chi connectivity index (χ0n) is 8.73. The minimum atomic E-state index is -0.131. The number of hydrogen-bond donors (Lipinski definition) is 1. The number of nitrogen functional groups attached to an aromatic ring is 1. The number of benzene rings is 1. The van der Waals surface area contributed by atoms with E-state index < -0.39 is 0 Å². The van der Waals surface area contributed by atoms with Crippen LogP contribution in [0.4, 0.5) is 5.69 Å². The van der Waals surface area contributed by atoms with Crippen LogP contribution in [0.1, 0.15) is 5.56 Å². The first-order chi connectivity index (χ1) is 8.08. The second-order valence-electron chi connectivity index (χ2n) is 3.53. The van der Waals surface area contributed by atoms with Crippen LogP contribution in [0.3, 0.4) is 0 Å². The van der Waals surface area contributed by atoms with Gasteiger partial charge in [-0.25, -0.2) is 4.98 Å². The number of rotatable bonds is 2. The fourth-order valence-electron chi connectivity index (χ4n) is 1.42. The van der Waals surface area contributed by atoms with Gasteiger partial charge in [-0.1, -0.05) is 17.7 Å². The van der Waals surface area contributed by atoms with Gasteiger partial charge in [0.1, 0.15) is 4.47 Å². The molecule has 6 heteroatoms. The summed E-state index contributed by atoms with van der Waals surface area (Å²) in [5, 5.41) is 0.508. The topological polar surface area (TPSA) is 60.9 Å². The molecule has 0 radical (unpaired) electrons. The highest BCUT2D eigenvalue weighted by Crippen LogP contribution is 2.19. The average Bonchev–Trinajstić information content (AvgIpc) is 2.30. The Kier molecular flexibility index (Phi) is 3.49. The molecule has 0 aliphatic rings. The molecular formula is C11H9BrClN3O. The van der Waals surface area contributed by atoms with Crippen molar-refractivity contribution in [1.82, 2.24) is 9.55 Å².